The molecule has 1 heterocycles. The first kappa shape index (κ1) is 19.0. The number of hydrogen-bond donors (Lipinski definition) is 0. The molecule has 0 aliphatic rings. The second-order valence-electron chi connectivity index (χ2n) is 6.65. The van der Waals surface area contributed by atoms with Crippen molar-refractivity contribution in [3.05, 3.63) is 6.07 Å². The Bertz CT molecular complexity index is 726. The molecule has 1 rings (SSSR count). The van der Waals surface area contributed by atoms with Gasteiger partial charge in [-0.2, -0.15) is 0 Å². The van der Waals surface area contributed by atoms with Crippen molar-refractivity contribution >= 4 is 42.8 Å². The molecule has 1 aromatic rings. The molecule has 122 valence electrons. The first-order valence-electron chi connectivity index (χ1n) is 6.33. The van der Waals surface area contributed by atoms with E-state index in [2.05, 4.69) is 0 Å². The Labute approximate surface area is 136 Å². The van der Waals surface area contributed by atoms with Gasteiger partial charge < -0.3 is 0 Å². The van der Waals surface area contributed by atoms with Gasteiger partial charge in [0.1, 0.15) is 8.42 Å². The van der Waals surface area contributed by atoms with Crippen LogP contribution in [0.1, 0.15) is 41.5 Å². The lowest BCUT2D eigenvalue weighted by molar-refractivity contribution is 0.560. The van der Waals surface area contributed by atoms with Gasteiger partial charge in [-0.25, -0.2) is 16.8 Å². The van der Waals surface area contributed by atoms with Gasteiger partial charge in [0.2, 0.25) is 0 Å². The Morgan fingerprint density at radius 1 is 0.905 bits per heavy atom. The zero-order chi connectivity index (χ0) is 16.9. The smallest absolute Gasteiger partial charge is 0.193 e. The minimum absolute atomic E-state index is 0.113. The van der Waals surface area contributed by atoms with Gasteiger partial charge in [-0.3, -0.25) is 0 Å². The molecule has 21 heavy (non-hydrogen) atoms. The summed E-state index contributed by atoms with van der Waals surface area (Å²) in [7, 11) is -7.12. The third kappa shape index (κ3) is 3.33. The molecular formula is C13H22O4S4. The summed E-state index contributed by atoms with van der Waals surface area (Å²) in [6, 6.07) is 1.48. The van der Waals surface area contributed by atoms with E-state index in [1.807, 2.05) is 0 Å². The van der Waals surface area contributed by atoms with E-state index in [0.29, 0.717) is 4.90 Å². The summed E-state index contributed by atoms with van der Waals surface area (Å²) in [6.07, 6.45) is 1.75. The van der Waals surface area contributed by atoms with Crippen LogP contribution in [-0.2, 0) is 19.7 Å². The van der Waals surface area contributed by atoms with Gasteiger partial charge in [-0.15, -0.1) is 23.1 Å². The fourth-order valence-corrected chi connectivity index (χ4v) is 8.22. The van der Waals surface area contributed by atoms with Crippen LogP contribution >= 0.6 is 23.1 Å². The van der Waals surface area contributed by atoms with E-state index in [4.69, 9.17) is 0 Å². The van der Waals surface area contributed by atoms with Gasteiger partial charge >= 0.3 is 0 Å². The third-order valence-electron chi connectivity index (χ3n) is 2.98. The van der Waals surface area contributed by atoms with Gasteiger partial charge in [-0.1, -0.05) is 0 Å². The van der Waals surface area contributed by atoms with E-state index in [9.17, 15) is 16.8 Å². The third-order valence-corrected chi connectivity index (χ3v) is 11.1. The number of hydrogen-bond acceptors (Lipinski definition) is 6. The second kappa shape index (κ2) is 5.54. The van der Waals surface area contributed by atoms with E-state index in [1.165, 1.54) is 17.8 Å². The summed E-state index contributed by atoms with van der Waals surface area (Å²) in [4.78, 5) is 0.498. The number of sulfone groups is 2. The first-order chi connectivity index (χ1) is 9.16. The normalized spacial score (nSPS) is 14.4. The van der Waals surface area contributed by atoms with E-state index in [1.54, 1.807) is 47.8 Å². The van der Waals surface area contributed by atoms with Crippen LogP contribution < -0.4 is 0 Å². The highest BCUT2D eigenvalue weighted by atomic mass is 32.3. The maximum atomic E-state index is 12.6. The van der Waals surface area contributed by atoms with Crippen LogP contribution in [0.15, 0.2) is 19.4 Å². The summed E-state index contributed by atoms with van der Waals surface area (Å²) in [5, 5.41) is 0. The summed E-state index contributed by atoms with van der Waals surface area (Å²) in [6.45, 7) is 9.68. The minimum atomic E-state index is -3.57. The van der Waals surface area contributed by atoms with E-state index in [-0.39, 0.29) is 8.42 Å². The summed E-state index contributed by atoms with van der Waals surface area (Å²) >= 11 is 2.11. The van der Waals surface area contributed by atoms with Crippen molar-refractivity contribution in [2.75, 3.05) is 6.26 Å². The minimum Gasteiger partial charge on any atom is -0.222 e. The standard InChI is InChI=1S/C13H22O4S4/c1-12(2,3)20(14,15)10-8-9(18-7)11(19-10)21(16,17)13(4,5)6/h8H,1-7H3. The number of rotatable bonds is 3. The molecule has 0 aliphatic carbocycles. The van der Waals surface area contributed by atoms with Crippen LogP contribution in [0.3, 0.4) is 0 Å². The van der Waals surface area contributed by atoms with E-state index >= 15 is 0 Å². The molecule has 0 saturated carbocycles. The van der Waals surface area contributed by atoms with Crippen molar-refractivity contribution in [3.8, 4) is 0 Å². The fourth-order valence-electron chi connectivity index (χ4n) is 1.38. The molecule has 4 nitrogen and oxygen atoms in total. The van der Waals surface area contributed by atoms with E-state index in [0.717, 1.165) is 11.3 Å². The Hall–Kier alpha value is -0.0500. The highest BCUT2D eigenvalue weighted by molar-refractivity contribution is 8.01. The lowest BCUT2D eigenvalue weighted by atomic mass is 10.3. The van der Waals surface area contributed by atoms with Crippen molar-refractivity contribution in [1.82, 2.24) is 0 Å². The van der Waals surface area contributed by atoms with Gasteiger partial charge in [-0.05, 0) is 53.9 Å². The second-order valence-corrected chi connectivity index (χ2v) is 14.4. The molecule has 0 aromatic carbocycles. The average molecular weight is 371 g/mol. The molecule has 0 N–H and O–H groups in total. The average Bonchev–Trinajstić information content (AvgIpc) is 2.70. The predicted octanol–water partition coefficient (Wildman–Crippen LogP) is 3.61. The van der Waals surface area contributed by atoms with Crippen molar-refractivity contribution in [3.63, 3.8) is 0 Å². The molecule has 0 amide bonds. The number of thioether (sulfide) groups is 1. The maximum Gasteiger partial charge on any atom is 0.193 e. The van der Waals surface area contributed by atoms with Gasteiger partial charge in [0.15, 0.2) is 19.7 Å². The van der Waals surface area contributed by atoms with Gasteiger partial charge in [0.05, 0.1) is 9.49 Å². The van der Waals surface area contributed by atoms with Crippen LogP contribution in [0.25, 0.3) is 0 Å². The van der Waals surface area contributed by atoms with Crippen molar-refractivity contribution in [2.24, 2.45) is 0 Å². The predicted molar refractivity (Wildman–Crippen MR) is 90.0 cm³/mol. The quantitative estimate of drug-likeness (QED) is 0.760. The maximum absolute atomic E-state index is 12.6. The molecule has 0 fully saturated rings. The summed E-state index contributed by atoms with van der Waals surface area (Å²) < 4.78 is 48.6. The molecule has 0 atom stereocenters. The zero-order valence-corrected chi connectivity index (χ0v) is 16.6. The lowest BCUT2D eigenvalue weighted by Gasteiger charge is -2.19. The Morgan fingerprint density at radius 2 is 1.33 bits per heavy atom. The molecule has 0 spiro atoms. The molecule has 1 aromatic heterocycles. The SMILES string of the molecule is CSc1cc(S(=O)(=O)C(C)(C)C)sc1S(=O)(=O)C(C)(C)C. The van der Waals surface area contributed by atoms with Gasteiger partial charge in [0.25, 0.3) is 0 Å². The molecule has 0 bridgehead atoms. The molecule has 8 heteroatoms. The topological polar surface area (TPSA) is 68.3 Å². The number of thiophene rings is 1. The van der Waals surface area contributed by atoms with Crippen LogP contribution in [-0.4, -0.2) is 32.6 Å². The van der Waals surface area contributed by atoms with Crippen LogP contribution in [0.2, 0.25) is 0 Å². The molecule has 0 radical (unpaired) electrons. The van der Waals surface area contributed by atoms with Crippen LogP contribution in [0.4, 0.5) is 0 Å². The van der Waals surface area contributed by atoms with Crippen molar-refractivity contribution < 1.29 is 16.8 Å². The molecular weight excluding hydrogens is 348 g/mol. The lowest BCUT2D eigenvalue weighted by Crippen LogP contribution is -2.28. The first-order valence-corrected chi connectivity index (χ1v) is 11.3. The molecule has 0 unspecified atom stereocenters. The Morgan fingerprint density at radius 3 is 1.67 bits per heavy atom. The van der Waals surface area contributed by atoms with E-state index < -0.39 is 29.2 Å². The Balaban J connectivity index is 3.63. The summed E-state index contributed by atoms with van der Waals surface area (Å²) in [5.41, 5.74) is 0. The van der Waals surface area contributed by atoms with Crippen molar-refractivity contribution in [1.29, 1.82) is 0 Å². The highest BCUT2D eigenvalue weighted by Gasteiger charge is 2.38. The van der Waals surface area contributed by atoms with Crippen LogP contribution in [0.5, 0.6) is 0 Å². The monoisotopic (exact) mass is 370 g/mol. The highest BCUT2D eigenvalue weighted by Crippen LogP contribution is 2.42. The fraction of sp³-hybridized carbons (Fsp3) is 0.692. The molecule has 0 saturated heterocycles. The van der Waals surface area contributed by atoms with Gasteiger partial charge in [0, 0.05) is 4.90 Å². The van der Waals surface area contributed by atoms with Crippen LogP contribution in [0, 0.1) is 0 Å². The molecule has 0 aliphatic heterocycles. The zero-order valence-electron chi connectivity index (χ0n) is 13.3. The Kier molecular flexibility index (Phi) is 5.01. The summed E-state index contributed by atoms with van der Waals surface area (Å²) in [5.74, 6) is 0. The largest absolute Gasteiger partial charge is 0.222 e. The van der Waals surface area contributed by atoms with Crippen molar-refractivity contribution in [2.45, 2.75) is 64.4 Å².